The molecule has 2 N–H and O–H groups in total. The quantitative estimate of drug-likeness (QED) is 0.247. The van der Waals surface area contributed by atoms with Crippen molar-refractivity contribution in [3.63, 3.8) is 0 Å². The van der Waals surface area contributed by atoms with Crippen LogP contribution in [0.1, 0.15) is 37.8 Å². The van der Waals surface area contributed by atoms with E-state index in [1.807, 2.05) is 65.1 Å². The number of fused-ring (bicyclic) bond motifs is 2. The van der Waals surface area contributed by atoms with E-state index in [-0.39, 0.29) is 23.8 Å². The summed E-state index contributed by atoms with van der Waals surface area (Å²) in [5.41, 5.74) is 5.06. The Morgan fingerprint density at radius 1 is 0.800 bits per heavy atom. The van der Waals surface area contributed by atoms with E-state index >= 15 is 0 Å². The van der Waals surface area contributed by atoms with Gasteiger partial charge in [0.05, 0.1) is 17.3 Å². The highest BCUT2D eigenvalue weighted by Gasteiger charge is 2.17. The maximum Gasteiger partial charge on any atom is 0.335 e. The molecule has 196 valence electrons. The zero-order valence-electron chi connectivity index (χ0n) is 21.3. The molecule has 0 unspecified atom stereocenters. The summed E-state index contributed by atoms with van der Waals surface area (Å²) in [6.45, 7) is 0.237. The van der Waals surface area contributed by atoms with Crippen molar-refractivity contribution in [3.8, 4) is 11.1 Å². The van der Waals surface area contributed by atoms with Crippen LogP contribution in [0.5, 0.6) is 0 Å². The number of benzene rings is 4. The number of carbonyl (C=O) groups excluding carboxylic acids is 1. The maximum absolute atomic E-state index is 13.6. The number of nitrogens with zero attached hydrogens (tertiary/aromatic N) is 2. The Bertz CT molecular complexity index is 1880. The van der Waals surface area contributed by atoms with Crippen molar-refractivity contribution in [1.82, 2.24) is 14.7 Å². The van der Waals surface area contributed by atoms with Gasteiger partial charge in [-0.1, -0.05) is 66.7 Å². The van der Waals surface area contributed by atoms with E-state index in [1.54, 1.807) is 24.4 Å². The van der Waals surface area contributed by atoms with Crippen LogP contribution >= 0.6 is 0 Å². The minimum atomic E-state index is -0.998. The second-order valence-electron chi connectivity index (χ2n) is 9.62. The Morgan fingerprint density at radius 2 is 1.52 bits per heavy atom. The van der Waals surface area contributed by atoms with Crippen molar-refractivity contribution in [2.45, 2.75) is 13.0 Å². The van der Waals surface area contributed by atoms with Gasteiger partial charge in [-0.2, -0.15) is 0 Å². The molecule has 0 aliphatic rings. The second-order valence-corrected chi connectivity index (χ2v) is 9.62. The fourth-order valence-corrected chi connectivity index (χ4v) is 4.88. The Kier molecular flexibility index (Phi) is 6.54. The van der Waals surface area contributed by atoms with Gasteiger partial charge in [0.25, 0.3) is 5.91 Å². The fourth-order valence-electron chi connectivity index (χ4n) is 4.88. The van der Waals surface area contributed by atoms with E-state index in [0.717, 1.165) is 38.5 Å². The normalized spacial score (nSPS) is 11.1. The molecule has 1 amide bonds. The summed E-state index contributed by atoms with van der Waals surface area (Å²) in [5.74, 6) is -0.852. The smallest absolute Gasteiger partial charge is 0.335 e. The third kappa shape index (κ3) is 5.05. The number of nitrogens with one attached hydrogen (secondary N) is 1. The van der Waals surface area contributed by atoms with Crippen molar-refractivity contribution >= 4 is 28.2 Å². The highest BCUT2D eigenvalue weighted by molar-refractivity contribution is 5.95. The average Bonchev–Trinajstić information content (AvgIpc) is 3.38. The minimum absolute atomic E-state index is 0.189. The third-order valence-corrected chi connectivity index (χ3v) is 6.92. The fraction of sp³-hybridized carbons (Fsp3) is 0.0606. The molecule has 0 saturated heterocycles. The van der Waals surface area contributed by atoms with E-state index in [2.05, 4.69) is 10.3 Å². The van der Waals surface area contributed by atoms with Gasteiger partial charge in [-0.25, -0.2) is 14.2 Å². The number of aromatic carboxylic acids is 1. The summed E-state index contributed by atoms with van der Waals surface area (Å²) in [6.07, 6.45) is 2.24. The van der Waals surface area contributed by atoms with Crippen molar-refractivity contribution in [1.29, 1.82) is 0 Å². The molecule has 2 aromatic heterocycles. The number of carboxylic acids is 1. The Balaban J connectivity index is 1.36. The largest absolute Gasteiger partial charge is 0.478 e. The Labute approximate surface area is 229 Å². The first kappa shape index (κ1) is 25.0. The molecule has 7 heteroatoms. The molecular formula is C33H24FN3O3. The molecule has 0 radical (unpaired) electrons. The highest BCUT2D eigenvalue weighted by atomic mass is 19.1. The zero-order chi connectivity index (χ0) is 27.6. The molecule has 0 aliphatic heterocycles. The maximum atomic E-state index is 13.6. The van der Waals surface area contributed by atoms with E-state index in [4.69, 9.17) is 5.11 Å². The molecule has 4 aromatic carbocycles. The number of aromatic nitrogens is 2. The summed E-state index contributed by atoms with van der Waals surface area (Å²) in [5, 5.41) is 13.9. The third-order valence-electron chi connectivity index (χ3n) is 6.92. The van der Waals surface area contributed by atoms with Gasteiger partial charge in [0.15, 0.2) is 0 Å². The molecule has 6 nitrogen and oxygen atoms in total. The lowest BCUT2D eigenvalue weighted by Gasteiger charge is -2.13. The number of halogens is 1. The summed E-state index contributed by atoms with van der Waals surface area (Å²) < 4.78 is 15.5. The van der Waals surface area contributed by atoms with Gasteiger partial charge in [0, 0.05) is 13.0 Å². The van der Waals surface area contributed by atoms with Crippen molar-refractivity contribution in [2.24, 2.45) is 0 Å². The Hall–Kier alpha value is -5.30. The summed E-state index contributed by atoms with van der Waals surface area (Å²) >= 11 is 0. The van der Waals surface area contributed by atoms with Gasteiger partial charge in [-0.05, 0) is 69.4 Å². The van der Waals surface area contributed by atoms with E-state index in [0.29, 0.717) is 17.9 Å². The van der Waals surface area contributed by atoms with Gasteiger partial charge >= 0.3 is 5.97 Å². The molecule has 0 aliphatic carbocycles. The van der Waals surface area contributed by atoms with Crippen molar-refractivity contribution < 1.29 is 19.1 Å². The predicted molar refractivity (Wildman–Crippen MR) is 152 cm³/mol. The zero-order valence-corrected chi connectivity index (χ0v) is 21.3. The minimum Gasteiger partial charge on any atom is -0.478 e. The van der Waals surface area contributed by atoms with Crippen molar-refractivity contribution in [3.05, 3.63) is 143 Å². The summed E-state index contributed by atoms with van der Waals surface area (Å²) in [6, 6.07) is 30.7. The van der Waals surface area contributed by atoms with E-state index < -0.39 is 5.97 Å². The molecule has 40 heavy (non-hydrogen) atoms. The van der Waals surface area contributed by atoms with Crippen LogP contribution in [0.25, 0.3) is 27.4 Å². The molecule has 0 saturated carbocycles. The van der Waals surface area contributed by atoms with Crippen LogP contribution in [-0.2, 0) is 13.0 Å². The van der Waals surface area contributed by atoms with E-state index in [9.17, 15) is 14.0 Å². The van der Waals surface area contributed by atoms with E-state index in [1.165, 1.54) is 24.3 Å². The standard InChI is InChI=1S/C33H24FN3O3/c34-28-13-12-25-14-22(8-11-26(25)16-28)15-31-35-20-29-17-27(23-4-2-1-3-5-23)18-30(37(29)31)32(38)36-19-21-6-9-24(10-7-21)33(39)40/h1-14,16-18,20H,15,19H2,(H,36,38)(H,39,40). The number of imidazole rings is 1. The molecule has 2 heterocycles. The number of rotatable bonds is 7. The molecular weight excluding hydrogens is 505 g/mol. The SMILES string of the molecule is O=C(O)c1ccc(CNC(=O)c2cc(-c3ccccc3)cc3cnc(Cc4ccc5cc(F)ccc5c4)n23)cc1. The molecule has 6 rings (SSSR count). The van der Waals surface area contributed by atoms with Crippen LogP contribution in [0.4, 0.5) is 4.39 Å². The first-order valence-electron chi connectivity index (χ1n) is 12.8. The predicted octanol–water partition coefficient (Wildman–Crippen LogP) is 6.51. The van der Waals surface area contributed by atoms with Gasteiger partial charge in [0.1, 0.15) is 17.3 Å². The second kappa shape index (κ2) is 10.5. The number of amides is 1. The lowest BCUT2D eigenvalue weighted by Crippen LogP contribution is -2.25. The van der Waals surface area contributed by atoms with Crippen LogP contribution in [0.15, 0.2) is 109 Å². The van der Waals surface area contributed by atoms with Gasteiger partial charge < -0.3 is 10.4 Å². The van der Waals surface area contributed by atoms with Crippen LogP contribution in [0.3, 0.4) is 0 Å². The van der Waals surface area contributed by atoms with Gasteiger partial charge in [-0.15, -0.1) is 0 Å². The molecule has 0 fully saturated rings. The number of carboxylic acid groups (broad SMARTS) is 1. The average molecular weight is 530 g/mol. The number of hydrogen-bond donors (Lipinski definition) is 2. The van der Waals surface area contributed by atoms with Crippen LogP contribution in [0, 0.1) is 5.82 Å². The number of pyridine rings is 1. The van der Waals surface area contributed by atoms with Gasteiger partial charge in [0.2, 0.25) is 0 Å². The highest BCUT2D eigenvalue weighted by Crippen LogP contribution is 2.26. The lowest BCUT2D eigenvalue weighted by atomic mass is 10.0. The number of hydrogen-bond acceptors (Lipinski definition) is 3. The molecule has 6 aromatic rings. The van der Waals surface area contributed by atoms with Crippen LogP contribution in [-0.4, -0.2) is 26.4 Å². The first-order valence-corrected chi connectivity index (χ1v) is 12.8. The first-order chi connectivity index (χ1) is 19.4. The summed E-state index contributed by atoms with van der Waals surface area (Å²) in [4.78, 5) is 29.4. The number of carbonyl (C=O) groups is 2. The Morgan fingerprint density at radius 3 is 2.30 bits per heavy atom. The molecule has 0 atom stereocenters. The summed E-state index contributed by atoms with van der Waals surface area (Å²) in [7, 11) is 0. The lowest BCUT2D eigenvalue weighted by molar-refractivity contribution is 0.0696. The molecule has 0 spiro atoms. The van der Waals surface area contributed by atoms with Crippen LogP contribution < -0.4 is 5.32 Å². The van der Waals surface area contributed by atoms with Gasteiger partial charge in [-0.3, -0.25) is 9.20 Å². The van der Waals surface area contributed by atoms with Crippen molar-refractivity contribution in [2.75, 3.05) is 0 Å². The monoisotopic (exact) mass is 529 g/mol. The molecule has 0 bridgehead atoms. The van der Waals surface area contributed by atoms with Crippen LogP contribution in [0.2, 0.25) is 0 Å². The topological polar surface area (TPSA) is 83.7 Å².